The first-order valence-corrected chi connectivity index (χ1v) is 7.31. The number of Topliss-reactive ketones (excluding diaryl/α,β-unsaturated/α-hetero) is 2. The number of carbonyl (C=O) groups excluding carboxylic acids is 2. The number of fused-ring (bicyclic) bond motifs is 3. The molecule has 0 saturated heterocycles. The van der Waals surface area contributed by atoms with Gasteiger partial charge in [0, 0.05) is 17.3 Å². The van der Waals surface area contributed by atoms with Crippen molar-refractivity contribution in [3.05, 3.63) is 34.3 Å². The molecule has 0 N–H and O–H groups in total. The number of ketones is 2. The van der Waals surface area contributed by atoms with Gasteiger partial charge in [0.05, 0.1) is 18.1 Å². The van der Waals surface area contributed by atoms with Crippen LogP contribution < -0.4 is 0 Å². The Morgan fingerprint density at radius 2 is 1.79 bits per heavy atom. The lowest BCUT2D eigenvalue weighted by Gasteiger charge is -2.43. The van der Waals surface area contributed by atoms with Crippen molar-refractivity contribution >= 4 is 27.5 Å². The third kappa shape index (κ3) is 2.51. The van der Waals surface area contributed by atoms with Gasteiger partial charge in [0.25, 0.3) is 0 Å². The van der Waals surface area contributed by atoms with Crippen molar-refractivity contribution in [2.24, 2.45) is 5.92 Å². The van der Waals surface area contributed by atoms with Gasteiger partial charge in [0.2, 0.25) is 0 Å². The molecule has 4 heteroatoms. The predicted molar refractivity (Wildman–Crippen MR) is 73.6 cm³/mol. The minimum Gasteiger partial charge on any atom is -0.369 e. The van der Waals surface area contributed by atoms with Gasteiger partial charge in [0.15, 0.2) is 0 Å². The van der Waals surface area contributed by atoms with Crippen molar-refractivity contribution in [1.29, 1.82) is 0 Å². The van der Waals surface area contributed by atoms with Crippen molar-refractivity contribution in [2.75, 3.05) is 0 Å². The highest BCUT2D eigenvalue weighted by Crippen LogP contribution is 2.43. The van der Waals surface area contributed by atoms with Gasteiger partial charge in [-0.2, -0.15) is 0 Å². The van der Waals surface area contributed by atoms with Gasteiger partial charge in [0.1, 0.15) is 11.6 Å². The van der Waals surface area contributed by atoms with E-state index in [1.165, 1.54) is 0 Å². The molecule has 3 nitrogen and oxygen atoms in total. The Balaban J connectivity index is 1.70. The highest BCUT2D eigenvalue weighted by molar-refractivity contribution is 9.10. The monoisotopic (exact) mass is 322 g/mol. The summed E-state index contributed by atoms with van der Waals surface area (Å²) in [6.07, 6.45) is 2.30. The molecule has 4 rings (SSSR count). The van der Waals surface area contributed by atoms with Crippen LogP contribution in [0.5, 0.6) is 0 Å². The second-order valence-electron chi connectivity index (χ2n) is 5.48. The zero-order valence-corrected chi connectivity index (χ0v) is 12.1. The van der Waals surface area contributed by atoms with E-state index in [0.717, 1.165) is 16.5 Å². The Morgan fingerprint density at radius 3 is 2.37 bits per heavy atom. The number of benzene rings is 1. The van der Waals surface area contributed by atoms with Crippen molar-refractivity contribution in [3.63, 3.8) is 0 Å². The van der Waals surface area contributed by atoms with Crippen LogP contribution in [0.25, 0.3) is 0 Å². The normalized spacial score (nSPS) is 29.8. The van der Waals surface area contributed by atoms with Crippen molar-refractivity contribution in [1.82, 2.24) is 0 Å². The number of carbonyl (C=O) groups is 2. The van der Waals surface area contributed by atoms with E-state index < -0.39 is 5.60 Å². The Morgan fingerprint density at radius 1 is 1.16 bits per heavy atom. The Hall–Kier alpha value is -1.00. The van der Waals surface area contributed by atoms with E-state index in [4.69, 9.17) is 4.74 Å². The minimum absolute atomic E-state index is 0.0679. The minimum atomic E-state index is -0.532. The highest BCUT2D eigenvalue weighted by atomic mass is 79.9. The molecular weight excluding hydrogens is 308 g/mol. The summed E-state index contributed by atoms with van der Waals surface area (Å²) in [4.78, 5) is 23.6. The van der Waals surface area contributed by atoms with E-state index in [-0.39, 0.29) is 17.5 Å². The van der Waals surface area contributed by atoms with Gasteiger partial charge in [-0.05, 0) is 30.5 Å². The number of rotatable bonds is 3. The van der Waals surface area contributed by atoms with Crippen LogP contribution in [0.4, 0.5) is 0 Å². The Labute approximate surface area is 120 Å². The van der Waals surface area contributed by atoms with E-state index in [1.807, 2.05) is 24.3 Å². The molecule has 3 saturated carbocycles. The van der Waals surface area contributed by atoms with Crippen LogP contribution in [-0.4, -0.2) is 17.2 Å². The molecule has 0 aliphatic heterocycles. The zero-order valence-electron chi connectivity index (χ0n) is 10.5. The van der Waals surface area contributed by atoms with E-state index in [2.05, 4.69) is 15.9 Å². The second-order valence-corrected chi connectivity index (χ2v) is 6.39. The topological polar surface area (TPSA) is 43.4 Å². The molecule has 3 fully saturated rings. The van der Waals surface area contributed by atoms with Crippen LogP contribution in [0.1, 0.15) is 31.2 Å². The number of ether oxygens (including phenoxy) is 1. The molecular formula is C15H15BrO3. The molecule has 0 aromatic heterocycles. The lowest BCUT2D eigenvalue weighted by atomic mass is 9.66. The molecule has 1 aromatic carbocycles. The van der Waals surface area contributed by atoms with Crippen LogP contribution in [0, 0.1) is 5.92 Å². The maximum absolute atomic E-state index is 11.8. The molecule has 1 aromatic rings. The van der Waals surface area contributed by atoms with Crippen molar-refractivity contribution in [2.45, 2.75) is 37.9 Å². The lowest BCUT2D eigenvalue weighted by molar-refractivity contribution is -0.163. The second kappa shape index (κ2) is 4.84. The molecule has 0 unspecified atom stereocenters. The molecule has 0 heterocycles. The Kier molecular flexibility index (Phi) is 3.31. The molecule has 3 aliphatic carbocycles. The highest BCUT2D eigenvalue weighted by Gasteiger charge is 2.50. The lowest BCUT2D eigenvalue weighted by Crippen LogP contribution is -2.52. The van der Waals surface area contributed by atoms with Gasteiger partial charge < -0.3 is 4.74 Å². The summed E-state index contributed by atoms with van der Waals surface area (Å²) in [6, 6.07) is 7.90. The van der Waals surface area contributed by atoms with E-state index in [1.54, 1.807) is 0 Å². The average Bonchev–Trinajstić information content (AvgIpc) is 2.38. The molecule has 0 radical (unpaired) electrons. The quantitative estimate of drug-likeness (QED) is 0.803. The summed E-state index contributed by atoms with van der Waals surface area (Å²) >= 11 is 3.39. The van der Waals surface area contributed by atoms with Gasteiger partial charge in [-0.25, -0.2) is 0 Å². The third-order valence-corrected chi connectivity index (χ3v) is 4.65. The van der Waals surface area contributed by atoms with E-state index in [9.17, 15) is 9.59 Å². The first-order valence-electron chi connectivity index (χ1n) is 6.52. The van der Waals surface area contributed by atoms with E-state index in [0.29, 0.717) is 25.9 Å². The molecule has 0 spiro atoms. The average molecular weight is 323 g/mol. The Bertz CT molecular complexity index is 503. The summed E-state index contributed by atoms with van der Waals surface area (Å²) < 4.78 is 6.99. The van der Waals surface area contributed by atoms with Crippen molar-refractivity contribution < 1.29 is 14.3 Å². The fraction of sp³-hybridized carbons (Fsp3) is 0.467. The van der Waals surface area contributed by atoms with Crippen LogP contribution in [-0.2, 0) is 20.9 Å². The summed E-state index contributed by atoms with van der Waals surface area (Å²) in [5.41, 5.74) is 0.529. The molecule has 19 heavy (non-hydrogen) atoms. The molecule has 0 atom stereocenters. The maximum Gasteiger partial charge on any atom is 0.146 e. The number of hydrogen-bond donors (Lipinski definition) is 0. The van der Waals surface area contributed by atoms with Gasteiger partial charge in [-0.1, -0.05) is 28.1 Å². The van der Waals surface area contributed by atoms with Crippen LogP contribution in [0.3, 0.4) is 0 Å². The maximum atomic E-state index is 11.8. The fourth-order valence-electron chi connectivity index (χ4n) is 3.02. The molecule has 0 amide bonds. The largest absolute Gasteiger partial charge is 0.369 e. The van der Waals surface area contributed by atoms with Crippen LogP contribution in [0.15, 0.2) is 28.7 Å². The standard InChI is InChI=1S/C15H15BrO3/c16-11-3-1-10(2-4-11)9-19-15-6-5-12(13(17)7-15)14(18)8-15/h1-4,12H,5-9H2. The van der Waals surface area contributed by atoms with Gasteiger partial charge >= 0.3 is 0 Å². The summed E-state index contributed by atoms with van der Waals surface area (Å²) in [5.74, 6) is -0.199. The third-order valence-electron chi connectivity index (χ3n) is 4.12. The first kappa shape index (κ1) is 13.0. The van der Waals surface area contributed by atoms with Gasteiger partial charge in [-0.3, -0.25) is 9.59 Å². The van der Waals surface area contributed by atoms with Crippen molar-refractivity contribution in [3.8, 4) is 0 Å². The number of halogens is 1. The predicted octanol–water partition coefficient (Wildman–Crippen LogP) is 3.05. The summed E-state index contributed by atoms with van der Waals surface area (Å²) in [5, 5.41) is 0. The van der Waals surface area contributed by atoms with Crippen LogP contribution >= 0.6 is 15.9 Å². The zero-order chi connectivity index (χ0) is 13.5. The summed E-state index contributed by atoms with van der Waals surface area (Å²) in [7, 11) is 0. The van der Waals surface area contributed by atoms with Gasteiger partial charge in [-0.15, -0.1) is 0 Å². The number of hydrogen-bond acceptors (Lipinski definition) is 3. The van der Waals surface area contributed by atoms with Crippen LogP contribution in [0.2, 0.25) is 0 Å². The van der Waals surface area contributed by atoms with E-state index >= 15 is 0 Å². The SMILES string of the molecule is O=C1CC2(OCc3ccc(Br)cc3)CCC1C(=O)C2. The summed E-state index contributed by atoms with van der Waals surface area (Å²) in [6.45, 7) is 0.457. The first-order chi connectivity index (χ1) is 9.08. The smallest absolute Gasteiger partial charge is 0.146 e. The molecule has 3 aliphatic rings. The molecule has 100 valence electrons. The molecule has 2 bridgehead atoms. The fourth-order valence-corrected chi connectivity index (χ4v) is 3.29.